The molecule has 7 nitrogen and oxygen atoms in total. The summed E-state index contributed by atoms with van der Waals surface area (Å²) in [5, 5.41) is 16.5. The normalized spacial score (nSPS) is 10.4. The van der Waals surface area contributed by atoms with Crippen LogP contribution in [0.4, 0.5) is 5.69 Å². The molecule has 0 fully saturated rings. The van der Waals surface area contributed by atoms with Gasteiger partial charge in [0.15, 0.2) is 5.75 Å². The molecule has 3 rings (SSSR count). The van der Waals surface area contributed by atoms with Gasteiger partial charge in [0.1, 0.15) is 11.3 Å². The number of para-hydroxylation sites is 1. The number of carbonyl (C=O) groups excluding carboxylic acids is 2. The van der Waals surface area contributed by atoms with Gasteiger partial charge in [0.25, 0.3) is 5.91 Å². The van der Waals surface area contributed by atoms with Gasteiger partial charge in [0, 0.05) is 11.6 Å². The summed E-state index contributed by atoms with van der Waals surface area (Å²) in [6.45, 7) is 1.97. The van der Waals surface area contributed by atoms with E-state index < -0.39 is 11.9 Å². The number of phenols is 1. The number of nitrogens with one attached hydrogen (secondary N) is 1. The van der Waals surface area contributed by atoms with Crippen LogP contribution in [0.3, 0.4) is 0 Å². The first-order valence-electron chi connectivity index (χ1n) is 7.75. The summed E-state index contributed by atoms with van der Waals surface area (Å²) in [6.07, 6.45) is 0. The van der Waals surface area contributed by atoms with Crippen molar-refractivity contribution in [2.45, 2.75) is 6.92 Å². The van der Waals surface area contributed by atoms with Gasteiger partial charge in [-0.1, -0.05) is 41.1 Å². The number of aryl methyl sites for hydroxylation is 1. The van der Waals surface area contributed by atoms with E-state index in [4.69, 9.17) is 4.52 Å². The maximum Gasteiger partial charge on any atom is 0.341 e. The van der Waals surface area contributed by atoms with Crippen molar-refractivity contribution in [2.75, 3.05) is 12.4 Å². The molecule has 2 aromatic carbocycles. The molecule has 0 saturated carbocycles. The van der Waals surface area contributed by atoms with Gasteiger partial charge in [-0.3, -0.25) is 4.79 Å². The first-order chi connectivity index (χ1) is 12.5. The van der Waals surface area contributed by atoms with Crippen LogP contribution in [0.25, 0.3) is 11.3 Å². The largest absolute Gasteiger partial charge is 0.505 e. The van der Waals surface area contributed by atoms with Gasteiger partial charge < -0.3 is 19.7 Å². The fourth-order valence-electron chi connectivity index (χ4n) is 2.35. The topological polar surface area (TPSA) is 102 Å². The van der Waals surface area contributed by atoms with Crippen LogP contribution in [0.5, 0.6) is 5.75 Å². The van der Waals surface area contributed by atoms with Gasteiger partial charge in [0.05, 0.1) is 12.8 Å². The van der Waals surface area contributed by atoms with Crippen LogP contribution in [0, 0.1) is 6.92 Å². The Labute approximate surface area is 149 Å². The van der Waals surface area contributed by atoms with Gasteiger partial charge in [-0.15, -0.1) is 0 Å². The maximum atomic E-state index is 12.3. The van der Waals surface area contributed by atoms with Crippen molar-refractivity contribution in [1.82, 2.24) is 5.16 Å². The minimum absolute atomic E-state index is 0.0246. The Balaban J connectivity index is 1.81. The molecule has 0 atom stereocenters. The number of aromatic hydroxyl groups is 1. The summed E-state index contributed by atoms with van der Waals surface area (Å²) < 4.78 is 9.67. The van der Waals surface area contributed by atoms with Gasteiger partial charge in [-0.05, 0) is 19.1 Å². The minimum atomic E-state index is -0.708. The molecular formula is C19H16N2O5. The molecule has 0 spiro atoms. The summed E-state index contributed by atoms with van der Waals surface area (Å²) >= 11 is 0. The van der Waals surface area contributed by atoms with Crippen LogP contribution >= 0.6 is 0 Å². The molecule has 0 aliphatic rings. The van der Waals surface area contributed by atoms with Crippen molar-refractivity contribution in [1.29, 1.82) is 0 Å². The molecule has 2 N–H and O–H groups in total. The third-order valence-electron chi connectivity index (χ3n) is 3.77. The lowest BCUT2D eigenvalue weighted by Crippen LogP contribution is -2.12. The molecule has 0 saturated heterocycles. The number of esters is 1. The lowest BCUT2D eigenvalue weighted by atomic mass is 10.1. The standard InChI is InChI=1S/C19H16N2O5/c1-11-6-8-12(9-7-11)15-10-16(26-21-15)18(23)20-14-5-3-4-13(17(14)22)19(24)25-2/h3-10,22H,1-2H3,(H,20,23). The van der Waals surface area contributed by atoms with Gasteiger partial charge in [-0.2, -0.15) is 0 Å². The zero-order valence-electron chi connectivity index (χ0n) is 14.1. The second-order valence-electron chi connectivity index (χ2n) is 5.59. The smallest absolute Gasteiger partial charge is 0.341 e. The number of carbonyl (C=O) groups is 2. The van der Waals surface area contributed by atoms with E-state index in [0.717, 1.165) is 11.1 Å². The molecule has 1 aromatic heterocycles. The molecule has 3 aromatic rings. The van der Waals surface area contributed by atoms with Crippen molar-refractivity contribution in [3.05, 3.63) is 65.4 Å². The van der Waals surface area contributed by atoms with Crippen molar-refractivity contribution in [2.24, 2.45) is 0 Å². The summed E-state index contributed by atoms with van der Waals surface area (Å²) in [4.78, 5) is 23.9. The Kier molecular flexibility index (Phi) is 4.70. The number of nitrogens with zero attached hydrogens (tertiary/aromatic N) is 1. The molecule has 26 heavy (non-hydrogen) atoms. The minimum Gasteiger partial charge on any atom is -0.505 e. The van der Waals surface area contributed by atoms with E-state index in [2.05, 4.69) is 15.2 Å². The fraction of sp³-hybridized carbons (Fsp3) is 0.105. The number of methoxy groups -OCH3 is 1. The monoisotopic (exact) mass is 352 g/mol. The van der Waals surface area contributed by atoms with E-state index >= 15 is 0 Å². The number of rotatable bonds is 4. The zero-order chi connectivity index (χ0) is 18.7. The molecular weight excluding hydrogens is 336 g/mol. The number of hydrogen-bond acceptors (Lipinski definition) is 6. The highest BCUT2D eigenvalue weighted by Crippen LogP contribution is 2.29. The number of anilines is 1. The highest BCUT2D eigenvalue weighted by molar-refractivity contribution is 6.05. The Bertz CT molecular complexity index is 960. The molecule has 0 bridgehead atoms. The summed E-state index contributed by atoms with van der Waals surface area (Å²) in [6, 6.07) is 13.5. The van der Waals surface area contributed by atoms with Crippen LogP contribution in [-0.4, -0.2) is 29.2 Å². The Morgan fingerprint density at radius 1 is 1.15 bits per heavy atom. The molecule has 132 valence electrons. The van der Waals surface area contributed by atoms with Crippen LogP contribution < -0.4 is 5.32 Å². The summed E-state index contributed by atoms with van der Waals surface area (Å²) in [7, 11) is 1.20. The van der Waals surface area contributed by atoms with Gasteiger partial charge in [0.2, 0.25) is 5.76 Å². The van der Waals surface area contributed by atoms with Crippen molar-refractivity contribution >= 4 is 17.6 Å². The Hall–Kier alpha value is -3.61. The van der Waals surface area contributed by atoms with E-state index in [-0.39, 0.29) is 22.8 Å². The molecule has 0 radical (unpaired) electrons. The second kappa shape index (κ2) is 7.10. The van der Waals surface area contributed by atoms with E-state index in [1.54, 1.807) is 0 Å². The van der Waals surface area contributed by atoms with Crippen LogP contribution in [0.2, 0.25) is 0 Å². The molecule has 0 aliphatic carbocycles. The molecule has 1 amide bonds. The quantitative estimate of drug-likeness (QED) is 0.551. The maximum absolute atomic E-state index is 12.3. The first-order valence-corrected chi connectivity index (χ1v) is 7.75. The molecule has 1 heterocycles. The Morgan fingerprint density at radius 3 is 2.58 bits per heavy atom. The predicted molar refractivity (Wildman–Crippen MR) is 94.1 cm³/mol. The van der Waals surface area contributed by atoms with E-state index in [0.29, 0.717) is 5.69 Å². The molecule has 0 unspecified atom stereocenters. The number of aromatic nitrogens is 1. The Morgan fingerprint density at radius 2 is 1.88 bits per heavy atom. The third-order valence-corrected chi connectivity index (χ3v) is 3.77. The van der Waals surface area contributed by atoms with Crippen molar-refractivity contribution < 1.29 is 24.0 Å². The average Bonchev–Trinajstić information content (AvgIpc) is 3.13. The second-order valence-corrected chi connectivity index (χ2v) is 5.59. The summed E-state index contributed by atoms with van der Waals surface area (Å²) in [5.74, 6) is -1.72. The SMILES string of the molecule is COC(=O)c1cccc(NC(=O)c2cc(-c3ccc(C)cc3)no2)c1O. The van der Waals surface area contributed by atoms with Crippen LogP contribution in [-0.2, 0) is 4.74 Å². The van der Waals surface area contributed by atoms with Crippen molar-refractivity contribution in [3.63, 3.8) is 0 Å². The predicted octanol–water partition coefficient (Wildman–Crippen LogP) is 3.39. The van der Waals surface area contributed by atoms with Crippen molar-refractivity contribution in [3.8, 4) is 17.0 Å². The van der Waals surface area contributed by atoms with Gasteiger partial charge in [-0.25, -0.2) is 4.79 Å². The van der Waals surface area contributed by atoms with Gasteiger partial charge >= 0.3 is 5.97 Å². The van der Waals surface area contributed by atoms with E-state index in [9.17, 15) is 14.7 Å². The average molecular weight is 352 g/mol. The van der Waals surface area contributed by atoms with Crippen LogP contribution in [0.15, 0.2) is 53.1 Å². The highest BCUT2D eigenvalue weighted by Gasteiger charge is 2.19. The number of benzene rings is 2. The van der Waals surface area contributed by atoms with E-state index in [1.807, 2.05) is 31.2 Å². The highest BCUT2D eigenvalue weighted by atomic mass is 16.5. The van der Waals surface area contributed by atoms with Crippen LogP contribution in [0.1, 0.15) is 26.5 Å². The number of phenolic OH excluding ortho intramolecular Hbond substituents is 1. The number of ether oxygens (including phenoxy) is 1. The molecule has 0 aliphatic heterocycles. The fourth-order valence-corrected chi connectivity index (χ4v) is 2.35. The number of amides is 1. The third kappa shape index (κ3) is 3.41. The number of hydrogen-bond donors (Lipinski definition) is 2. The molecule has 7 heteroatoms. The zero-order valence-corrected chi connectivity index (χ0v) is 14.1. The first kappa shape index (κ1) is 17.2. The van der Waals surface area contributed by atoms with E-state index in [1.165, 1.54) is 31.4 Å². The lowest BCUT2D eigenvalue weighted by Gasteiger charge is -2.08. The lowest BCUT2D eigenvalue weighted by molar-refractivity contribution is 0.0597. The summed E-state index contributed by atoms with van der Waals surface area (Å²) in [5.41, 5.74) is 2.45.